The molecule has 6 atom stereocenters. The molecule has 10 nitrogen and oxygen atoms in total. The van der Waals surface area contributed by atoms with Gasteiger partial charge in [0.05, 0.1) is 13.2 Å². The van der Waals surface area contributed by atoms with Gasteiger partial charge in [0.15, 0.2) is 12.4 Å². The van der Waals surface area contributed by atoms with Crippen LogP contribution in [0.5, 0.6) is 0 Å². The second-order valence-electron chi connectivity index (χ2n) is 10.3. The average molecular weight is 609 g/mol. The first-order valence-electron chi connectivity index (χ1n) is 15.3. The Bertz CT molecular complexity index is 892. The van der Waals surface area contributed by atoms with E-state index < -0.39 is 55.4 Å². The van der Waals surface area contributed by atoms with E-state index in [0.29, 0.717) is 6.42 Å². The van der Waals surface area contributed by atoms with Crippen LogP contribution in [-0.4, -0.2) is 89.0 Å². The number of ether oxygens (including phenoxy) is 4. The van der Waals surface area contributed by atoms with Crippen LogP contribution < -0.4 is 0 Å². The van der Waals surface area contributed by atoms with Crippen LogP contribution in [0.25, 0.3) is 0 Å². The summed E-state index contributed by atoms with van der Waals surface area (Å²) in [6.45, 7) is 2.19. The maximum absolute atomic E-state index is 12.4. The van der Waals surface area contributed by atoms with E-state index in [9.17, 15) is 30.0 Å². The summed E-state index contributed by atoms with van der Waals surface area (Å²) >= 11 is 0. The van der Waals surface area contributed by atoms with Crippen LogP contribution in [0.15, 0.2) is 60.8 Å². The Morgan fingerprint density at radius 2 is 1.35 bits per heavy atom. The molecule has 0 aromatic heterocycles. The van der Waals surface area contributed by atoms with Gasteiger partial charge >= 0.3 is 11.9 Å². The molecule has 0 aromatic rings. The Hall–Kier alpha value is -2.60. The van der Waals surface area contributed by atoms with E-state index in [2.05, 4.69) is 67.7 Å². The van der Waals surface area contributed by atoms with Crippen LogP contribution >= 0.6 is 0 Å². The fourth-order valence-electron chi connectivity index (χ4n) is 4.06. The first-order valence-corrected chi connectivity index (χ1v) is 15.3. The molecule has 1 rings (SSSR count). The van der Waals surface area contributed by atoms with Crippen LogP contribution in [0.1, 0.15) is 78.1 Å². The Kier molecular flexibility index (Phi) is 22.2. The molecule has 1 aliphatic heterocycles. The van der Waals surface area contributed by atoms with E-state index in [-0.39, 0.29) is 19.6 Å². The minimum Gasteiger partial charge on any atom is -0.462 e. The lowest BCUT2D eigenvalue weighted by Crippen LogP contribution is -2.59. The van der Waals surface area contributed by atoms with Crippen molar-refractivity contribution in [2.75, 3.05) is 19.8 Å². The number of allylic oxidation sites excluding steroid dienone is 10. The van der Waals surface area contributed by atoms with Crippen LogP contribution in [0.4, 0.5) is 0 Å². The van der Waals surface area contributed by atoms with Crippen molar-refractivity contribution in [1.29, 1.82) is 0 Å². The Labute approximate surface area is 256 Å². The van der Waals surface area contributed by atoms with Gasteiger partial charge in [-0.05, 0) is 51.4 Å². The normalized spacial score (nSPS) is 23.7. The highest BCUT2D eigenvalue weighted by Crippen LogP contribution is 2.22. The molecule has 0 spiro atoms. The highest BCUT2D eigenvalue weighted by Gasteiger charge is 2.44. The van der Waals surface area contributed by atoms with Crippen LogP contribution in [0.2, 0.25) is 0 Å². The van der Waals surface area contributed by atoms with Gasteiger partial charge in [-0.15, -0.1) is 0 Å². The quantitative estimate of drug-likeness (QED) is 0.0807. The highest BCUT2D eigenvalue weighted by atomic mass is 16.7. The summed E-state index contributed by atoms with van der Waals surface area (Å²) in [6.07, 6.45) is 21.8. The lowest BCUT2D eigenvalue weighted by Gasteiger charge is -2.39. The van der Waals surface area contributed by atoms with Crippen molar-refractivity contribution >= 4 is 11.9 Å². The second-order valence-corrected chi connectivity index (χ2v) is 10.3. The molecule has 0 amide bonds. The zero-order chi connectivity index (χ0) is 31.7. The molecule has 0 radical (unpaired) electrons. The standard InChI is InChI=1S/C33H52O10/c1-3-4-5-6-7-8-9-10-11-12-13-14-15-16-17-18-19-20-21-22-29(36)42-27(24-40-26(2)35)25-41-33-32(39)31(38)30(37)28(23-34)43-33/h4-5,7-8,10-11,13-14,16-17,27-28,30-34,37-39H,3,6,9,12,15,18-25H2,1-2H3/b5-4-,8-7-,11-10-,14-13-,17-16-. The van der Waals surface area contributed by atoms with Crippen molar-refractivity contribution in [1.82, 2.24) is 0 Å². The molecule has 0 aliphatic carbocycles. The minimum absolute atomic E-state index is 0.183. The number of esters is 2. The molecule has 4 N–H and O–H groups in total. The summed E-state index contributed by atoms with van der Waals surface area (Å²) in [5, 5.41) is 39.2. The monoisotopic (exact) mass is 608 g/mol. The smallest absolute Gasteiger partial charge is 0.306 e. The zero-order valence-corrected chi connectivity index (χ0v) is 25.7. The summed E-state index contributed by atoms with van der Waals surface area (Å²) in [7, 11) is 0. The van der Waals surface area contributed by atoms with Gasteiger partial charge in [0.25, 0.3) is 0 Å². The molecule has 1 saturated heterocycles. The van der Waals surface area contributed by atoms with Gasteiger partial charge < -0.3 is 39.4 Å². The van der Waals surface area contributed by atoms with E-state index >= 15 is 0 Å². The van der Waals surface area contributed by atoms with Crippen LogP contribution in [0, 0.1) is 0 Å². The summed E-state index contributed by atoms with van der Waals surface area (Å²) in [6, 6.07) is 0. The number of unbranched alkanes of at least 4 members (excludes halogenated alkanes) is 3. The van der Waals surface area contributed by atoms with Gasteiger partial charge in [-0.2, -0.15) is 0 Å². The predicted molar refractivity (Wildman–Crippen MR) is 164 cm³/mol. The zero-order valence-electron chi connectivity index (χ0n) is 25.7. The number of carbonyl (C=O) groups is 2. The molecule has 1 aliphatic rings. The number of hydrogen-bond donors (Lipinski definition) is 4. The average Bonchev–Trinajstić information content (AvgIpc) is 2.99. The topological polar surface area (TPSA) is 152 Å². The fourth-order valence-corrected chi connectivity index (χ4v) is 4.06. The van der Waals surface area contributed by atoms with E-state index in [1.54, 1.807) is 0 Å². The highest BCUT2D eigenvalue weighted by molar-refractivity contribution is 5.69. The van der Waals surface area contributed by atoms with E-state index in [1.165, 1.54) is 6.92 Å². The number of aliphatic hydroxyl groups excluding tert-OH is 4. The molecule has 0 aromatic carbocycles. The number of aliphatic hydroxyl groups is 4. The minimum atomic E-state index is -1.60. The van der Waals surface area contributed by atoms with Gasteiger partial charge in [-0.1, -0.05) is 74.1 Å². The third-order valence-corrected chi connectivity index (χ3v) is 6.47. The Morgan fingerprint density at radius 1 is 0.767 bits per heavy atom. The number of carbonyl (C=O) groups excluding carboxylic acids is 2. The molecule has 1 heterocycles. The molecular formula is C33H52O10. The Morgan fingerprint density at radius 3 is 1.91 bits per heavy atom. The second kappa shape index (κ2) is 24.8. The lowest BCUT2D eigenvalue weighted by molar-refractivity contribution is -0.305. The van der Waals surface area contributed by atoms with Gasteiger partial charge in [0.2, 0.25) is 0 Å². The molecule has 0 bridgehead atoms. The third kappa shape index (κ3) is 18.6. The fraction of sp³-hybridized carbons (Fsp3) is 0.636. The van der Waals surface area contributed by atoms with E-state index in [1.807, 2.05) is 0 Å². The van der Waals surface area contributed by atoms with Gasteiger partial charge in [-0.3, -0.25) is 9.59 Å². The summed E-state index contributed by atoms with van der Waals surface area (Å²) in [5.41, 5.74) is 0. The maximum atomic E-state index is 12.4. The van der Waals surface area contributed by atoms with Crippen LogP contribution in [-0.2, 0) is 28.5 Å². The number of hydrogen-bond acceptors (Lipinski definition) is 10. The first-order chi connectivity index (χ1) is 20.8. The molecule has 244 valence electrons. The molecule has 0 saturated carbocycles. The molecule has 6 unspecified atom stereocenters. The van der Waals surface area contributed by atoms with Gasteiger partial charge in [0, 0.05) is 13.3 Å². The SMILES string of the molecule is CC/C=C\C/C=C\C/C=C\C/C=C\C/C=C\CCCCCC(=O)OC(COC(C)=O)COC1OC(CO)C(O)C(O)C1O. The lowest BCUT2D eigenvalue weighted by atomic mass is 9.99. The molecule has 1 fully saturated rings. The Balaban J connectivity index is 2.23. The third-order valence-electron chi connectivity index (χ3n) is 6.47. The van der Waals surface area contributed by atoms with E-state index in [0.717, 1.165) is 51.4 Å². The maximum Gasteiger partial charge on any atom is 0.306 e. The first kappa shape index (κ1) is 38.4. The number of rotatable bonds is 22. The molecule has 43 heavy (non-hydrogen) atoms. The predicted octanol–water partition coefficient (Wildman–Crippen LogP) is 3.98. The van der Waals surface area contributed by atoms with Crippen molar-refractivity contribution in [3.8, 4) is 0 Å². The van der Waals surface area contributed by atoms with E-state index in [4.69, 9.17) is 18.9 Å². The van der Waals surface area contributed by atoms with Crippen molar-refractivity contribution < 1.29 is 49.0 Å². The molecular weight excluding hydrogens is 556 g/mol. The van der Waals surface area contributed by atoms with Crippen molar-refractivity contribution in [3.05, 3.63) is 60.8 Å². The van der Waals surface area contributed by atoms with Crippen molar-refractivity contribution in [2.45, 2.75) is 115 Å². The van der Waals surface area contributed by atoms with Crippen LogP contribution in [0.3, 0.4) is 0 Å². The summed E-state index contributed by atoms with van der Waals surface area (Å²) in [5.74, 6) is -1.05. The molecule has 10 heteroatoms. The van der Waals surface area contributed by atoms with Gasteiger partial charge in [-0.25, -0.2) is 0 Å². The van der Waals surface area contributed by atoms with Gasteiger partial charge in [0.1, 0.15) is 31.0 Å². The summed E-state index contributed by atoms with van der Waals surface area (Å²) in [4.78, 5) is 23.6. The largest absolute Gasteiger partial charge is 0.462 e. The van der Waals surface area contributed by atoms with Crippen molar-refractivity contribution in [2.24, 2.45) is 0 Å². The summed E-state index contributed by atoms with van der Waals surface area (Å²) < 4.78 is 21.1. The van der Waals surface area contributed by atoms with Crippen molar-refractivity contribution in [3.63, 3.8) is 0 Å².